The summed E-state index contributed by atoms with van der Waals surface area (Å²) in [6, 6.07) is 2.16. The van der Waals surface area contributed by atoms with Crippen molar-refractivity contribution in [3.63, 3.8) is 0 Å². The van der Waals surface area contributed by atoms with Crippen LogP contribution in [0.4, 0.5) is 5.69 Å². The predicted octanol–water partition coefficient (Wildman–Crippen LogP) is 3.46. The zero-order chi connectivity index (χ0) is 12.5. The van der Waals surface area contributed by atoms with Gasteiger partial charge < -0.3 is 4.90 Å². The second kappa shape index (κ2) is 5.07. The monoisotopic (exact) mass is 270 g/mol. The molecule has 0 radical (unpaired) electrons. The first-order chi connectivity index (χ1) is 8.02. The number of thioether (sulfide) groups is 1. The molecule has 1 fully saturated rings. The molecular weight excluding hydrogens is 252 g/mol. The van der Waals surface area contributed by atoms with Crippen LogP contribution in [0.2, 0.25) is 0 Å². The number of pyridine rings is 1. The lowest BCUT2D eigenvalue weighted by Crippen LogP contribution is -2.43. The smallest absolute Gasteiger partial charge is 0.0509 e. The van der Waals surface area contributed by atoms with Crippen molar-refractivity contribution >= 4 is 29.1 Å². The van der Waals surface area contributed by atoms with Crippen molar-refractivity contribution < 1.29 is 0 Å². The van der Waals surface area contributed by atoms with Crippen molar-refractivity contribution in [2.24, 2.45) is 0 Å². The van der Waals surface area contributed by atoms with Gasteiger partial charge in [0, 0.05) is 46.7 Å². The first-order valence-electron chi connectivity index (χ1n) is 5.92. The maximum absolute atomic E-state index is 6.00. The summed E-state index contributed by atoms with van der Waals surface area (Å²) in [4.78, 5) is 6.77. The van der Waals surface area contributed by atoms with Gasteiger partial charge >= 0.3 is 0 Å². The molecule has 94 valence electrons. The molecule has 2 heterocycles. The number of halogens is 1. The quantitative estimate of drug-likeness (QED) is 0.766. The standard InChI is InChI=1S/C13H19ClN2S/c1-10-6-12(11(7-14)8-15-10)16-4-5-17-13(2,3)9-16/h6,8H,4-5,7,9H2,1-3H3. The Balaban J connectivity index is 2.29. The normalized spacial score (nSPS) is 19.4. The third-order valence-electron chi connectivity index (χ3n) is 3.01. The highest BCUT2D eigenvalue weighted by atomic mass is 35.5. The molecule has 1 aromatic rings. The van der Waals surface area contributed by atoms with Crippen molar-refractivity contribution in [3.05, 3.63) is 23.5 Å². The van der Waals surface area contributed by atoms with Crippen molar-refractivity contribution in [2.45, 2.75) is 31.4 Å². The Labute approximate surface area is 113 Å². The lowest BCUT2D eigenvalue weighted by Gasteiger charge is -2.39. The van der Waals surface area contributed by atoms with Gasteiger partial charge in [-0.2, -0.15) is 11.8 Å². The number of nitrogens with zero attached hydrogens (tertiary/aromatic N) is 2. The molecule has 0 saturated carbocycles. The van der Waals surface area contributed by atoms with Gasteiger partial charge in [0.25, 0.3) is 0 Å². The van der Waals surface area contributed by atoms with Crippen molar-refractivity contribution in [1.29, 1.82) is 0 Å². The summed E-state index contributed by atoms with van der Waals surface area (Å²) in [6.45, 7) is 8.81. The Kier molecular flexibility index (Phi) is 3.88. The van der Waals surface area contributed by atoms with E-state index < -0.39 is 0 Å². The molecule has 0 aliphatic carbocycles. The van der Waals surface area contributed by atoms with Gasteiger partial charge in [0.1, 0.15) is 0 Å². The summed E-state index contributed by atoms with van der Waals surface area (Å²) in [6.07, 6.45) is 1.91. The van der Waals surface area contributed by atoms with Gasteiger partial charge in [0.05, 0.1) is 5.88 Å². The van der Waals surface area contributed by atoms with Gasteiger partial charge in [-0.3, -0.25) is 4.98 Å². The molecule has 17 heavy (non-hydrogen) atoms. The molecule has 0 bridgehead atoms. The maximum atomic E-state index is 6.00. The van der Waals surface area contributed by atoms with Crippen LogP contribution < -0.4 is 4.90 Å². The predicted molar refractivity (Wildman–Crippen MR) is 77.3 cm³/mol. The number of hydrogen-bond donors (Lipinski definition) is 0. The molecule has 1 saturated heterocycles. The summed E-state index contributed by atoms with van der Waals surface area (Å²) >= 11 is 8.05. The minimum absolute atomic E-state index is 0.318. The molecule has 4 heteroatoms. The number of alkyl halides is 1. The molecule has 0 aromatic carbocycles. The van der Waals surface area contributed by atoms with Crippen LogP contribution in [0.25, 0.3) is 0 Å². The fraction of sp³-hybridized carbons (Fsp3) is 0.615. The van der Waals surface area contributed by atoms with E-state index >= 15 is 0 Å². The molecule has 1 aromatic heterocycles. The van der Waals surface area contributed by atoms with E-state index in [4.69, 9.17) is 11.6 Å². The maximum Gasteiger partial charge on any atom is 0.0509 e. The van der Waals surface area contributed by atoms with E-state index in [1.807, 2.05) is 24.9 Å². The molecule has 2 rings (SSSR count). The highest BCUT2D eigenvalue weighted by molar-refractivity contribution is 8.00. The minimum Gasteiger partial charge on any atom is -0.369 e. The van der Waals surface area contributed by atoms with Crippen LogP contribution in [0.3, 0.4) is 0 Å². The van der Waals surface area contributed by atoms with Gasteiger partial charge in [0.2, 0.25) is 0 Å². The van der Waals surface area contributed by atoms with E-state index in [9.17, 15) is 0 Å². The number of aromatic nitrogens is 1. The molecule has 0 N–H and O–H groups in total. The number of hydrogen-bond acceptors (Lipinski definition) is 3. The van der Waals surface area contributed by atoms with Crippen LogP contribution in [-0.2, 0) is 5.88 Å². The van der Waals surface area contributed by atoms with E-state index in [1.165, 1.54) is 11.4 Å². The van der Waals surface area contributed by atoms with E-state index in [0.29, 0.717) is 10.6 Å². The number of anilines is 1. The van der Waals surface area contributed by atoms with E-state index in [2.05, 4.69) is 29.8 Å². The number of aryl methyl sites for hydroxylation is 1. The van der Waals surface area contributed by atoms with Crippen molar-refractivity contribution in [1.82, 2.24) is 4.98 Å². The zero-order valence-electron chi connectivity index (χ0n) is 10.7. The summed E-state index contributed by atoms with van der Waals surface area (Å²) < 4.78 is 0.318. The lowest BCUT2D eigenvalue weighted by molar-refractivity contribution is 0.646. The highest BCUT2D eigenvalue weighted by Gasteiger charge is 2.28. The van der Waals surface area contributed by atoms with Gasteiger partial charge in [-0.25, -0.2) is 0 Å². The average molecular weight is 271 g/mol. The van der Waals surface area contributed by atoms with Gasteiger partial charge in [-0.05, 0) is 26.8 Å². The number of rotatable bonds is 2. The molecule has 0 atom stereocenters. The summed E-state index contributed by atoms with van der Waals surface area (Å²) in [5, 5.41) is 0. The molecule has 0 unspecified atom stereocenters. The van der Waals surface area contributed by atoms with Gasteiger partial charge in [-0.1, -0.05) is 0 Å². The topological polar surface area (TPSA) is 16.1 Å². The Hall–Kier alpha value is -0.410. The summed E-state index contributed by atoms with van der Waals surface area (Å²) in [5.41, 5.74) is 3.46. The highest BCUT2D eigenvalue weighted by Crippen LogP contribution is 2.33. The first-order valence-corrected chi connectivity index (χ1v) is 7.44. The van der Waals surface area contributed by atoms with E-state index in [-0.39, 0.29) is 0 Å². The van der Waals surface area contributed by atoms with Crippen molar-refractivity contribution in [2.75, 3.05) is 23.7 Å². The lowest BCUT2D eigenvalue weighted by atomic mass is 10.1. The molecule has 2 nitrogen and oxygen atoms in total. The Morgan fingerprint density at radius 1 is 1.53 bits per heavy atom. The third-order valence-corrected chi connectivity index (χ3v) is 4.59. The Bertz CT molecular complexity index is 406. The fourth-order valence-corrected chi connectivity index (χ4v) is 3.51. The van der Waals surface area contributed by atoms with E-state index in [1.54, 1.807) is 0 Å². The minimum atomic E-state index is 0.318. The van der Waals surface area contributed by atoms with Gasteiger partial charge in [0.15, 0.2) is 0 Å². The van der Waals surface area contributed by atoms with Crippen LogP contribution in [0, 0.1) is 6.92 Å². The van der Waals surface area contributed by atoms with Crippen LogP contribution >= 0.6 is 23.4 Å². The molecule has 1 aliphatic heterocycles. The second-order valence-electron chi connectivity index (χ2n) is 5.12. The average Bonchev–Trinajstić information content (AvgIpc) is 2.27. The Morgan fingerprint density at radius 3 is 2.94 bits per heavy atom. The third kappa shape index (κ3) is 3.08. The van der Waals surface area contributed by atoms with Crippen LogP contribution in [0.5, 0.6) is 0 Å². The van der Waals surface area contributed by atoms with Crippen LogP contribution in [-0.4, -0.2) is 28.6 Å². The SMILES string of the molecule is Cc1cc(N2CCSC(C)(C)C2)c(CCl)cn1. The first kappa shape index (κ1) is 13.0. The van der Waals surface area contributed by atoms with E-state index in [0.717, 1.165) is 24.3 Å². The van der Waals surface area contributed by atoms with Gasteiger partial charge in [-0.15, -0.1) is 11.6 Å². The zero-order valence-corrected chi connectivity index (χ0v) is 12.2. The van der Waals surface area contributed by atoms with Crippen LogP contribution in [0.1, 0.15) is 25.1 Å². The molecular formula is C13H19ClN2S. The summed E-state index contributed by atoms with van der Waals surface area (Å²) in [5.74, 6) is 1.71. The largest absolute Gasteiger partial charge is 0.369 e. The fourth-order valence-electron chi connectivity index (χ4n) is 2.19. The molecule has 1 aliphatic rings. The van der Waals surface area contributed by atoms with Crippen LogP contribution in [0.15, 0.2) is 12.3 Å². The van der Waals surface area contributed by atoms with Crippen molar-refractivity contribution in [3.8, 4) is 0 Å². The second-order valence-corrected chi connectivity index (χ2v) is 7.19. The molecule has 0 spiro atoms. The molecule has 0 amide bonds. The Morgan fingerprint density at radius 2 is 2.29 bits per heavy atom. The summed E-state index contributed by atoms with van der Waals surface area (Å²) in [7, 11) is 0.